The lowest BCUT2D eigenvalue weighted by atomic mass is 10.2. The number of aromatic nitrogens is 1. The van der Waals surface area contributed by atoms with Crippen molar-refractivity contribution in [3.63, 3.8) is 0 Å². The summed E-state index contributed by atoms with van der Waals surface area (Å²) in [6.45, 7) is 5.70. The first-order valence-electron chi connectivity index (χ1n) is 10.6. The molecule has 1 N–H and O–H groups in total. The highest BCUT2D eigenvalue weighted by molar-refractivity contribution is 7.92. The van der Waals surface area contributed by atoms with Crippen molar-refractivity contribution >= 4 is 27.8 Å². The van der Waals surface area contributed by atoms with E-state index in [0.717, 1.165) is 33.2 Å². The number of anilines is 1. The van der Waals surface area contributed by atoms with Crippen LogP contribution in [-0.4, -0.2) is 44.5 Å². The molecule has 3 aromatic rings. The van der Waals surface area contributed by atoms with Crippen molar-refractivity contribution in [3.05, 3.63) is 77.4 Å². The lowest BCUT2D eigenvalue weighted by Crippen LogP contribution is -2.39. The van der Waals surface area contributed by atoms with Crippen molar-refractivity contribution in [1.29, 1.82) is 0 Å². The molecule has 1 aromatic heterocycles. The molecule has 0 aliphatic carbocycles. The van der Waals surface area contributed by atoms with Gasteiger partial charge in [0.2, 0.25) is 10.0 Å². The molecule has 0 atom stereocenters. The van der Waals surface area contributed by atoms with Crippen molar-refractivity contribution in [3.8, 4) is 11.4 Å². The van der Waals surface area contributed by atoms with Crippen molar-refractivity contribution in [2.75, 3.05) is 23.7 Å². The number of nitrogens with one attached hydrogen (secondary N) is 1. The van der Waals surface area contributed by atoms with Crippen LogP contribution in [0.3, 0.4) is 0 Å². The summed E-state index contributed by atoms with van der Waals surface area (Å²) in [6, 6.07) is 14.5. The molecule has 180 valence electrons. The molecule has 0 fully saturated rings. The predicted molar refractivity (Wildman–Crippen MR) is 131 cm³/mol. The van der Waals surface area contributed by atoms with Crippen molar-refractivity contribution in [2.24, 2.45) is 5.10 Å². The highest BCUT2D eigenvalue weighted by Crippen LogP contribution is 2.22. The van der Waals surface area contributed by atoms with E-state index < -0.39 is 22.5 Å². The van der Waals surface area contributed by atoms with Crippen LogP contribution in [0.5, 0.6) is 5.75 Å². The fraction of sp³-hybridized carbons (Fsp3) is 0.250. The zero-order valence-electron chi connectivity index (χ0n) is 19.4. The summed E-state index contributed by atoms with van der Waals surface area (Å²) >= 11 is 0. The van der Waals surface area contributed by atoms with E-state index >= 15 is 0 Å². The van der Waals surface area contributed by atoms with Crippen LogP contribution in [0.15, 0.2) is 59.7 Å². The first-order valence-corrected chi connectivity index (χ1v) is 12.4. The molecule has 1 heterocycles. The molecule has 3 rings (SSSR count). The predicted octanol–water partition coefficient (Wildman–Crippen LogP) is 3.55. The van der Waals surface area contributed by atoms with Crippen LogP contribution in [0.1, 0.15) is 23.9 Å². The fourth-order valence-corrected chi connectivity index (χ4v) is 4.38. The van der Waals surface area contributed by atoms with Crippen LogP contribution < -0.4 is 14.5 Å². The van der Waals surface area contributed by atoms with E-state index in [9.17, 15) is 17.6 Å². The van der Waals surface area contributed by atoms with Crippen LogP contribution in [0.4, 0.5) is 10.1 Å². The van der Waals surface area contributed by atoms with Crippen LogP contribution in [-0.2, 0) is 14.8 Å². The van der Waals surface area contributed by atoms with Gasteiger partial charge in [0, 0.05) is 22.6 Å². The Labute approximate surface area is 198 Å². The lowest BCUT2D eigenvalue weighted by molar-refractivity contribution is -0.119. The Kier molecular flexibility index (Phi) is 7.72. The minimum absolute atomic E-state index is 0.316. The van der Waals surface area contributed by atoms with Gasteiger partial charge in [-0.25, -0.2) is 18.2 Å². The van der Waals surface area contributed by atoms with E-state index in [2.05, 4.69) is 10.5 Å². The number of benzene rings is 2. The molecule has 0 aliphatic rings. The number of rotatable bonds is 9. The summed E-state index contributed by atoms with van der Waals surface area (Å²) in [7, 11) is -3.71. The zero-order chi connectivity index (χ0) is 24.9. The number of carbonyl (C=O) groups is 1. The van der Waals surface area contributed by atoms with Crippen molar-refractivity contribution in [1.82, 2.24) is 9.99 Å². The van der Waals surface area contributed by atoms with Crippen molar-refractivity contribution in [2.45, 2.75) is 20.8 Å². The molecule has 0 unspecified atom stereocenters. The SMILES string of the molecule is CCOc1ccc(N(CC(=O)N/N=C\c2cc(C)n(-c3ccc(F)cc3)c2C)S(C)(=O)=O)cc1. The Morgan fingerprint density at radius 1 is 1.15 bits per heavy atom. The Morgan fingerprint density at radius 3 is 2.38 bits per heavy atom. The largest absolute Gasteiger partial charge is 0.494 e. The third-order valence-electron chi connectivity index (χ3n) is 5.07. The lowest BCUT2D eigenvalue weighted by Gasteiger charge is -2.21. The number of sulfonamides is 1. The molecule has 2 aromatic carbocycles. The van der Waals surface area contributed by atoms with Gasteiger partial charge in [0.15, 0.2) is 0 Å². The monoisotopic (exact) mass is 486 g/mol. The number of aryl methyl sites for hydroxylation is 1. The molecular weight excluding hydrogens is 459 g/mol. The van der Waals surface area contributed by atoms with Gasteiger partial charge in [-0.15, -0.1) is 0 Å². The molecule has 1 amide bonds. The van der Waals surface area contributed by atoms with Gasteiger partial charge in [-0.05, 0) is 75.4 Å². The molecule has 0 spiro atoms. The fourth-order valence-electron chi connectivity index (χ4n) is 3.52. The number of halogens is 1. The molecule has 8 nitrogen and oxygen atoms in total. The van der Waals surface area contributed by atoms with Crippen LogP contribution in [0, 0.1) is 19.7 Å². The van der Waals surface area contributed by atoms with Crippen LogP contribution >= 0.6 is 0 Å². The van der Waals surface area contributed by atoms with E-state index in [4.69, 9.17) is 4.74 Å². The summed E-state index contributed by atoms with van der Waals surface area (Å²) in [5.41, 5.74) is 6.05. The second-order valence-electron chi connectivity index (χ2n) is 7.63. The van der Waals surface area contributed by atoms with E-state index in [1.807, 2.05) is 31.4 Å². The minimum atomic E-state index is -3.71. The summed E-state index contributed by atoms with van der Waals surface area (Å²) in [4.78, 5) is 12.4. The normalized spacial score (nSPS) is 11.6. The molecule has 0 aliphatic heterocycles. The second kappa shape index (κ2) is 10.5. The summed E-state index contributed by atoms with van der Waals surface area (Å²) < 4.78 is 46.1. The van der Waals surface area contributed by atoms with Crippen LogP contribution in [0.25, 0.3) is 5.69 Å². The maximum Gasteiger partial charge on any atom is 0.260 e. The number of hydrogen-bond donors (Lipinski definition) is 1. The second-order valence-corrected chi connectivity index (χ2v) is 9.53. The van der Waals surface area contributed by atoms with Gasteiger partial charge >= 0.3 is 0 Å². The molecule has 0 saturated heterocycles. The van der Waals surface area contributed by atoms with Crippen LogP contribution in [0.2, 0.25) is 0 Å². The van der Waals surface area contributed by atoms with Gasteiger partial charge in [-0.3, -0.25) is 9.10 Å². The molecule has 0 radical (unpaired) electrons. The van der Waals surface area contributed by atoms with Gasteiger partial charge in [0.25, 0.3) is 5.91 Å². The Hall–Kier alpha value is -3.66. The highest BCUT2D eigenvalue weighted by Gasteiger charge is 2.21. The average molecular weight is 487 g/mol. The highest BCUT2D eigenvalue weighted by atomic mass is 32.2. The van der Waals surface area contributed by atoms with Gasteiger partial charge in [-0.2, -0.15) is 5.10 Å². The molecule has 0 saturated carbocycles. The Morgan fingerprint density at radius 2 is 1.79 bits per heavy atom. The Bertz CT molecular complexity index is 1280. The van der Waals surface area contributed by atoms with E-state index in [1.165, 1.54) is 18.3 Å². The van der Waals surface area contributed by atoms with Gasteiger partial charge in [0.05, 0.1) is 24.8 Å². The quantitative estimate of drug-likeness (QED) is 0.370. The summed E-state index contributed by atoms with van der Waals surface area (Å²) in [5, 5.41) is 3.99. The number of hydrazone groups is 1. The van der Waals surface area contributed by atoms with Gasteiger partial charge in [-0.1, -0.05) is 0 Å². The maximum atomic E-state index is 13.3. The third-order valence-corrected chi connectivity index (χ3v) is 6.21. The first-order chi connectivity index (χ1) is 16.1. The number of nitrogens with zero attached hydrogens (tertiary/aromatic N) is 3. The molecule has 10 heteroatoms. The molecule has 0 bridgehead atoms. The number of carbonyl (C=O) groups excluding carboxylic acids is 1. The van der Waals surface area contributed by atoms with Gasteiger partial charge in [0.1, 0.15) is 18.1 Å². The number of hydrogen-bond acceptors (Lipinski definition) is 5. The minimum Gasteiger partial charge on any atom is -0.494 e. The van der Waals surface area contributed by atoms with E-state index in [0.29, 0.717) is 18.0 Å². The van der Waals surface area contributed by atoms with Gasteiger partial charge < -0.3 is 9.30 Å². The third kappa shape index (κ3) is 6.02. The molecule has 34 heavy (non-hydrogen) atoms. The smallest absolute Gasteiger partial charge is 0.260 e. The maximum absolute atomic E-state index is 13.3. The average Bonchev–Trinajstić information content (AvgIpc) is 3.06. The van der Waals surface area contributed by atoms with Crippen molar-refractivity contribution < 1.29 is 22.3 Å². The van der Waals surface area contributed by atoms with E-state index in [1.54, 1.807) is 36.4 Å². The Balaban J connectivity index is 1.71. The standard InChI is InChI=1S/C24H27FN4O4S/c1-5-33-23-12-10-21(11-13-23)28(34(4,31)32)16-24(30)27-26-15-19-14-17(2)29(18(19)3)22-8-6-20(25)7-9-22/h6-15H,5,16H2,1-4H3,(H,27,30)/b26-15-. The zero-order valence-corrected chi connectivity index (χ0v) is 20.3. The number of ether oxygens (including phenoxy) is 1. The summed E-state index contributed by atoms with van der Waals surface area (Å²) in [5.74, 6) is -0.307. The topological polar surface area (TPSA) is 93.0 Å². The first kappa shape index (κ1) is 25.0. The van der Waals surface area contributed by atoms with E-state index in [-0.39, 0.29) is 5.82 Å². The molecular formula is C24H27FN4O4S. The number of amides is 1. The summed E-state index contributed by atoms with van der Waals surface area (Å²) in [6.07, 6.45) is 2.52.